The van der Waals surface area contributed by atoms with Crippen molar-refractivity contribution >= 4 is 12.0 Å². The second-order valence-corrected chi connectivity index (χ2v) is 5.52. The van der Waals surface area contributed by atoms with Gasteiger partial charge in [0.25, 0.3) is 0 Å². The van der Waals surface area contributed by atoms with Crippen molar-refractivity contribution < 1.29 is 19.8 Å². The Morgan fingerprint density at radius 2 is 1.82 bits per heavy atom. The van der Waals surface area contributed by atoms with Crippen molar-refractivity contribution in [3.63, 3.8) is 0 Å². The lowest BCUT2D eigenvalue weighted by atomic mass is 10.1. The fourth-order valence-corrected chi connectivity index (χ4v) is 2.00. The maximum atomic E-state index is 12.3. The van der Waals surface area contributed by atoms with E-state index in [1.807, 2.05) is 13.8 Å². The molecular weight excluding hydrogens is 284 g/mol. The minimum absolute atomic E-state index is 0.158. The Bertz CT molecular complexity index is 476. The Morgan fingerprint density at radius 1 is 1.18 bits per heavy atom. The van der Waals surface area contributed by atoms with Crippen LogP contribution < -0.4 is 5.32 Å². The van der Waals surface area contributed by atoms with Crippen molar-refractivity contribution in [2.24, 2.45) is 5.92 Å². The van der Waals surface area contributed by atoms with Gasteiger partial charge in [-0.3, -0.25) is 0 Å². The summed E-state index contributed by atoms with van der Waals surface area (Å²) in [4.78, 5) is 25.1. The Labute approximate surface area is 130 Å². The highest BCUT2D eigenvalue weighted by molar-refractivity contribution is 5.83. The monoisotopic (exact) mass is 308 g/mol. The first-order valence-corrected chi connectivity index (χ1v) is 7.39. The van der Waals surface area contributed by atoms with E-state index in [4.69, 9.17) is 5.11 Å². The highest BCUT2D eigenvalue weighted by atomic mass is 16.4. The Kier molecular flexibility index (Phi) is 7.39. The van der Waals surface area contributed by atoms with Gasteiger partial charge < -0.3 is 20.4 Å². The standard InChI is InChI=1S/C16H24N2O4/c1-12(2)8-9-18(10-11-19)16(22)17-14(15(20)21)13-6-4-3-5-7-13/h3-7,12,14,19H,8-11H2,1-2H3,(H,17,22)(H,20,21)/t14-/m0/s1. The molecule has 0 aliphatic carbocycles. The van der Waals surface area contributed by atoms with Gasteiger partial charge >= 0.3 is 12.0 Å². The van der Waals surface area contributed by atoms with Crippen LogP contribution in [-0.4, -0.2) is 46.8 Å². The number of urea groups is 1. The highest BCUT2D eigenvalue weighted by Crippen LogP contribution is 2.13. The number of carboxylic acids is 1. The molecular formula is C16H24N2O4. The fourth-order valence-electron chi connectivity index (χ4n) is 2.00. The number of amides is 2. The van der Waals surface area contributed by atoms with Crippen LogP contribution >= 0.6 is 0 Å². The smallest absolute Gasteiger partial charge is 0.330 e. The van der Waals surface area contributed by atoms with E-state index in [-0.39, 0.29) is 13.2 Å². The quantitative estimate of drug-likeness (QED) is 0.684. The number of nitrogens with zero attached hydrogens (tertiary/aromatic N) is 1. The Hall–Kier alpha value is -2.08. The first-order valence-electron chi connectivity index (χ1n) is 7.39. The summed E-state index contributed by atoms with van der Waals surface area (Å²) in [5.41, 5.74) is 0.510. The Balaban J connectivity index is 2.77. The van der Waals surface area contributed by atoms with Crippen LogP contribution in [0.3, 0.4) is 0 Å². The minimum Gasteiger partial charge on any atom is -0.479 e. The van der Waals surface area contributed by atoms with E-state index < -0.39 is 18.0 Å². The number of hydrogen-bond acceptors (Lipinski definition) is 3. The minimum atomic E-state index is -1.12. The maximum Gasteiger partial charge on any atom is 0.330 e. The van der Waals surface area contributed by atoms with Crippen molar-refractivity contribution in [3.8, 4) is 0 Å². The number of hydrogen-bond donors (Lipinski definition) is 3. The number of aliphatic hydroxyl groups excluding tert-OH is 1. The SMILES string of the molecule is CC(C)CCN(CCO)C(=O)N[C@H](C(=O)O)c1ccccc1. The first-order chi connectivity index (χ1) is 10.5. The molecule has 1 aromatic rings. The van der Waals surface area contributed by atoms with Crippen molar-refractivity contribution in [2.45, 2.75) is 26.3 Å². The second kappa shape index (κ2) is 9.04. The number of rotatable bonds is 8. The molecule has 6 nitrogen and oxygen atoms in total. The molecule has 22 heavy (non-hydrogen) atoms. The molecule has 0 fully saturated rings. The summed E-state index contributed by atoms with van der Waals surface area (Å²) in [5, 5.41) is 20.9. The van der Waals surface area contributed by atoms with Gasteiger partial charge in [0.15, 0.2) is 6.04 Å². The van der Waals surface area contributed by atoms with Gasteiger partial charge in [-0.25, -0.2) is 9.59 Å². The van der Waals surface area contributed by atoms with Crippen LogP contribution in [0.5, 0.6) is 0 Å². The van der Waals surface area contributed by atoms with Crippen LogP contribution in [-0.2, 0) is 4.79 Å². The van der Waals surface area contributed by atoms with E-state index in [0.717, 1.165) is 6.42 Å². The van der Waals surface area contributed by atoms with Crippen molar-refractivity contribution in [1.82, 2.24) is 10.2 Å². The Morgan fingerprint density at radius 3 is 2.32 bits per heavy atom. The molecule has 0 aromatic heterocycles. The van der Waals surface area contributed by atoms with Gasteiger partial charge in [0, 0.05) is 13.1 Å². The van der Waals surface area contributed by atoms with Crippen LogP contribution in [0.15, 0.2) is 30.3 Å². The molecule has 0 saturated heterocycles. The van der Waals surface area contributed by atoms with Gasteiger partial charge in [-0.15, -0.1) is 0 Å². The number of benzene rings is 1. The van der Waals surface area contributed by atoms with Crippen molar-refractivity contribution in [3.05, 3.63) is 35.9 Å². The van der Waals surface area contributed by atoms with Gasteiger partial charge in [-0.2, -0.15) is 0 Å². The largest absolute Gasteiger partial charge is 0.479 e. The maximum absolute atomic E-state index is 12.3. The van der Waals surface area contributed by atoms with Gasteiger partial charge in [0.2, 0.25) is 0 Å². The summed E-state index contributed by atoms with van der Waals surface area (Å²) in [6, 6.07) is 6.96. The molecule has 2 amide bonds. The number of nitrogens with one attached hydrogen (secondary N) is 1. The lowest BCUT2D eigenvalue weighted by molar-refractivity contribution is -0.139. The molecule has 0 unspecified atom stereocenters. The summed E-state index contributed by atoms with van der Waals surface area (Å²) >= 11 is 0. The average Bonchev–Trinajstić information content (AvgIpc) is 2.49. The zero-order valence-corrected chi connectivity index (χ0v) is 13.0. The molecule has 0 heterocycles. The third-order valence-electron chi connectivity index (χ3n) is 3.28. The summed E-state index contributed by atoms with van der Waals surface area (Å²) in [6.45, 7) is 4.58. The lowest BCUT2D eigenvalue weighted by Gasteiger charge is -2.25. The normalized spacial score (nSPS) is 12.0. The van der Waals surface area contributed by atoms with E-state index >= 15 is 0 Å². The van der Waals surface area contributed by atoms with Crippen molar-refractivity contribution in [1.29, 1.82) is 0 Å². The van der Waals surface area contributed by atoms with E-state index in [1.165, 1.54) is 4.90 Å². The topological polar surface area (TPSA) is 89.9 Å². The molecule has 0 saturated carbocycles. The van der Waals surface area contributed by atoms with Gasteiger partial charge in [0.1, 0.15) is 0 Å². The van der Waals surface area contributed by atoms with Gasteiger partial charge in [0.05, 0.1) is 6.61 Å². The number of carbonyl (C=O) groups is 2. The molecule has 1 rings (SSSR count). The first kappa shape index (κ1) is 18.0. The van der Waals surface area contributed by atoms with Crippen LogP contribution in [0.1, 0.15) is 31.9 Å². The molecule has 1 atom stereocenters. The molecule has 122 valence electrons. The highest BCUT2D eigenvalue weighted by Gasteiger charge is 2.24. The van der Waals surface area contributed by atoms with E-state index in [2.05, 4.69) is 5.32 Å². The molecule has 6 heteroatoms. The summed E-state index contributed by atoms with van der Waals surface area (Å²) in [7, 11) is 0. The van der Waals surface area contributed by atoms with Gasteiger partial charge in [-0.1, -0.05) is 44.2 Å². The number of carboxylic acid groups (broad SMARTS) is 1. The van der Waals surface area contributed by atoms with E-state index in [9.17, 15) is 14.7 Å². The summed E-state index contributed by atoms with van der Waals surface area (Å²) in [6.07, 6.45) is 0.788. The molecule has 0 aliphatic rings. The number of carbonyl (C=O) groups excluding carboxylic acids is 1. The van der Waals surface area contributed by atoms with E-state index in [1.54, 1.807) is 30.3 Å². The van der Waals surface area contributed by atoms with Gasteiger partial charge in [-0.05, 0) is 17.9 Å². The zero-order valence-electron chi connectivity index (χ0n) is 13.0. The van der Waals surface area contributed by atoms with Crippen LogP contribution in [0.2, 0.25) is 0 Å². The second-order valence-electron chi connectivity index (χ2n) is 5.52. The van der Waals surface area contributed by atoms with Crippen molar-refractivity contribution in [2.75, 3.05) is 19.7 Å². The fraction of sp³-hybridized carbons (Fsp3) is 0.500. The molecule has 0 aliphatic heterocycles. The third kappa shape index (κ3) is 5.73. The lowest BCUT2D eigenvalue weighted by Crippen LogP contribution is -2.45. The zero-order chi connectivity index (χ0) is 16.5. The molecule has 0 radical (unpaired) electrons. The predicted octanol–water partition coefficient (Wildman–Crippen LogP) is 1.86. The summed E-state index contributed by atoms with van der Waals surface area (Å²) in [5.74, 6) is -0.703. The molecule has 0 bridgehead atoms. The number of aliphatic hydroxyl groups is 1. The van der Waals surface area contributed by atoms with Crippen LogP contribution in [0, 0.1) is 5.92 Å². The summed E-state index contributed by atoms with van der Waals surface area (Å²) < 4.78 is 0. The average molecular weight is 308 g/mol. The number of aliphatic carboxylic acids is 1. The van der Waals surface area contributed by atoms with Crippen LogP contribution in [0.25, 0.3) is 0 Å². The van der Waals surface area contributed by atoms with Crippen LogP contribution in [0.4, 0.5) is 4.79 Å². The molecule has 0 spiro atoms. The molecule has 3 N–H and O–H groups in total. The van der Waals surface area contributed by atoms with E-state index in [0.29, 0.717) is 18.0 Å². The molecule has 1 aromatic carbocycles. The third-order valence-corrected chi connectivity index (χ3v) is 3.28. The predicted molar refractivity (Wildman–Crippen MR) is 83.5 cm³/mol.